The maximum atomic E-state index is 15.3. The van der Waals surface area contributed by atoms with Crippen LogP contribution in [0.4, 0.5) is 17.6 Å². The maximum Gasteiger partial charge on any atom is 0.185 e. The summed E-state index contributed by atoms with van der Waals surface area (Å²) in [5.41, 5.74) is 4.33. The van der Waals surface area contributed by atoms with Gasteiger partial charge in [0.2, 0.25) is 0 Å². The van der Waals surface area contributed by atoms with E-state index < -0.39 is 40.2 Å². The monoisotopic (exact) mass is 541 g/mol. The number of halogens is 4. The second-order valence-corrected chi connectivity index (χ2v) is 10.9. The summed E-state index contributed by atoms with van der Waals surface area (Å²) in [5, 5.41) is 0. The van der Waals surface area contributed by atoms with Crippen LogP contribution in [0.2, 0.25) is 0 Å². The SMILES string of the molecule is C[C@@H]1C[C@H](N)C[C@H](c2ccncc2CC(=O)c2ccc(F)c(-c3c(F)cc(C4(F)CCOCC4)cc3F)n2)C1. The van der Waals surface area contributed by atoms with Crippen molar-refractivity contribution < 1.29 is 27.1 Å². The van der Waals surface area contributed by atoms with Crippen LogP contribution < -0.4 is 5.73 Å². The number of hydrogen-bond acceptors (Lipinski definition) is 5. The quantitative estimate of drug-likeness (QED) is 0.297. The molecule has 1 aliphatic carbocycles. The Bertz CT molecular complexity index is 1340. The van der Waals surface area contributed by atoms with E-state index in [1.807, 2.05) is 6.07 Å². The molecule has 0 bridgehead atoms. The molecule has 2 aromatic heterocycles. The van der Waals surface area contributed by atoms with Crippen LogP contribution in [-0.4, -0.2) is 35.0 Å². The lowest BCUT2D eigenvalue weighted by molar-refractivity contribution is -0.0117. The highest BCUT2D eigenvalue weighted by atomic mass is 19.1. The third kappa shape index (κ3) is 5.75. The van der Waals surface area contributed by atoms with Gasteiger partial charge in [-0.25, -0.2) is 22.5 Å². The molecule has 0 unspecified atom stereocenters. The van der Waals surface area contributed by atoms with Crippen molar-refractivity contribution >= 4 is 5.78 Å². The predicted octanol–water partition coefficient (Wildman–Crippen LogP) is 6.19. The standard InChI is InChI=1S/C30H31F4N3O2/c1-17-10-18(12-21(35)11-17)22-4-7-36-16-19(22)13-27(38)26-3-2-23(31)29(37-26)28-24(32)14-20(15-25(28)33)30(34)5-8-39-9-6-30/h2-4,7,14-18,21H,5-6,8-13,35H2,1H3/t17-,18+,21-/m0/s1. The molecule has 0 amide bonds. The number of nitrogens with two attached hydrogens (primary N) is 1. The molecule has 3 heterocycles. The lowest BCUT2D eigenvalue weighted by Gasteiger charge is -2.32. The van der Waals surface area contributed by atoms with Crippen molar-refractivity contribution in [1.82, 2.24) is 9.97 Å². The summed E-state index contributed by atoms with van der Waals surface area (Å²) >= 11 is 0. The van der Waals surface area contributed by atoms with Crippen LogP contribution in [0.1, 0.15) is 72.1 Å². The third-order valence-electron chi connectivity index (χ3n) is 7.92. The van der Waals surface area contributed by atoms with Crippen molar-refractivity contribution in [3.05, 3.63) is 82.6 Å². The van der Waals surface area contributed by atoms with Crippen LogP contribution in [0.25, 0.3) is 11.3 Å². The van der Waals surface area contributed by atoms with Gasteiger partial charge in [0.25, 0.3) is 0 Å². The average molecular weight is 542 g/mol. The summed E-state index contributed by atoms with van der Waals surface area (Å²) in [7, 11) is 0. The highest BCUT2D eigenvalue weighted by Crippen LogP contribution is 2.40. The topological polar surface area (TPSA) is 78.1 Å². The van der Waals surface area contributed by atoms with Gasteiger partial charge in [-0.1, -0.05) is 6.92 Å². The van der Waals surface area contributed by atoms with Crippen molar-refractivity contribution in [2.75, 3.05) is 13.2 Å². The van der Waals surface area contributed by atoms with E-state index in [1.54, 1.807) is 12.4 Å². The number of carbonyl (C=O) groups excluding carboxylic acids is 1. The molecule has 2 N–H and O–H groups in total. The van der Waals surface area contributed by atoms with Gasteiger partial charge >= 0.3 is 0 Å². The summed E-state index contributed by atoms with van der Waals surface area (Å²) in [6.07, 6.45) is 5.87. The van der Waals surface area contributed by atoms with Crippen LogP contribution >= 0.6 is 0 Å². The number of ether oxygens (including phenoxy) is 1. The minimum absolute atomic E-state index is 0.0378. The van der Waals surface area contributed by atoms with E-state index in [-0.39, 0.29) is 55.7 Å². The molecule has 39 heavy (non-hydrogen) atoms. The fourth-order valence-corrected chi connectivity index (χ4v) is 5.97. The average Bonchev–Trinajstić information content (AvgIpc) is 2.89. The van der Waals surface area contributed by atoms with Gasteiger partial charge < -0.3 is 10.5 Å². The number of alkyl halides is 1. The first-order valence-electron chi connectivity index (χ1n) is 13.3. The van der Waals surface area contributed by atoms with Crippen molar-refractivity contribution in [3.8, 4) is 11.3 Å². The van der Waals surface area contributed by atoms with E-state index >= 15 is 13.2 Å². The minimum Gasteiger partial charge on any atom is -0.381 e. The fraction of sp³-hybridized carbons (Fsp3) is 0.433. The number of benzene rings is 1. The zero-order valence-corrected chi connectivity index (χ0v) is 21.7. The normalized spacial score (nSPS) is 23.0. The molecule has 2 fully saturated rings. The molecule has 1 aromatic carbocycles. The molecule has 1 saturated heterocycles. The van der Waals surface area contributed by atoms with E-state index in [4.69, 9.17) is 10.5 Å². The molecular weight excluding hydrogens is 510 g/mol. The first kappa shape index (κ1) is 27.4. The van der Waals surface area contributed by atoms with Gasteiger partial charge in [-0.15, -0.1) is 0 Å². The Morgan fingerprint density at radius 1 is 1.05 bits per heavy atom. The Morgan fingerprint density at radius 2 is 1.77 bits per heavy atom. The second kappa shape index (κ2) is 11.1. The van der Waals surface area contributed by atoms with Crippen LogP contribution in [0.5, 0.6) is 0 Å². The maximum absolute atomic E-state index is 15.3. The Hall–Kier alpha value is -3.17. The van der Waals surface area contributed by atoms with Gasteiger partial charge in [0.05, 0.1) is 5.56 Å². The molecule has 5 nitrogen and oxygen atoms in total. The third-order valence-corrected chi connectivity index (χ3v) is 7.92. The van der Waals surface area contributed by atoms with E-state index in [2.05, 4.69) is 16.9 Å². The van der Waals surface area contributed by atoms with Crippen LogP contribution in [0.15, 0.2) is 42.7 Å². The van der Waals surface area contributed by atoms with E-state index in [9.17, 15) is 9.18 Å². The number of ketones is 1. The number of carbonyl (C=O) groups is 1. The summed E-state index contributed by atoms with van der Waals surface area (Å²) < 4.78 is 65.6. The first-order valence-corrected chi connectivity index (χ1v) is 13.3. The number of aromatic nitrogens is 2. The fourth-order valence-electron chi connectivity index (χ4n) is 5.97. The largest absolute Gasteiger partial charge is 0.381 e. The molecule has 5 rings (SSSR count). The Balaban J connectivity index is 1.43. The number of rotatable bonds is 6. The molecule has 0 spiro atoms. The molecule has 3 aromatic rings. The van der Waals surface area contributed by atoms with Crippen molar-refractivity contribution in [3.63, 3.8) is 0 Å². The van der Waals surface area contributed by atoms with Crippen molar-refractivity contribution in [2.45, 2.75) is 63.1 Å². The van der Waals surface area contributed by atoms with Gasteiger partial charge in [-0.2, -0.15) is 0 Å². The molecule has 1 aliphatic heterocycles. The number of nitrogens with zero attached hydrogens (tertiary/aromatic N) is 2. The van der Waals surface area contributed by atoms with Gasteiger partial charge in [0, 0.05) is 50.9 Å². The highest BCUT2D eigenvalue weighted by molar-refractivity contribution is 5.96. The zero-order valence-electron chi connectivity index (χ0n) is 21.7. The first-order chi connectivity index (χ1) is 18.6. The van der Waals surface area contributed by atoms with E-state index in [0.29, 0.717) is 11.5 Å². The summed E-state index contributed by atoms with van der Waals surface area (Å²) in [4.78, 5) is 21.5. The number of Topliss-reactive ketones (excluding diaryl/α,β-unsaturated/α-hetero) is 1. The van der Waals surface area contributed by atoms with Gasteiger partial charge in [-0.3, -0.25) is 9.78 Å². The molecule has 9 heteroatoms. The number of hydrogen-bond donors (Lipinski definition) is 1. The molecule has 1 saturated carbocycles. The predicted molar refractivity (Wildman–Crippen MR) is 138 cm³/mol. The van der Waals surface area contributed by atoms with Crippen LogP contribution in [0, 0.1) is 23.4 Å². The number of pyridine rings is 2. The smallest absolute Gasteiger partial charge is 0.185 e. The summed E-state index contributed by atoms with van der Waals surface area (Å²) in [6, 6.07) is 5.87. The zero-order chi connectivity index (χ0) is 27.7. The van der Waals surface area contributed by atoms with E-state index in [0.717, 1.165) is 43.0 Å². The lowest BCUT2D eigenvalue weighted by Crippen LogP contribution is -2.31. The van der Waals surface area contributed by atoms with Crippen molar-refractivity contribution in [1.29, 1.82) is 0 Å². The molecular formula is C30H31F4N3O2. The van der Waals surface area contributed by atoms with Gasteiger partial charge in [0.15, 0.2) is 5.78 Å². The van der Waals surface area contributed by atoms with Crippen LogP contribution in [0.3, 0.4) is 0 Å². The van der Waals surface area contributed by atoms with Crippen LogP contribution in [-0.2, 0) is 16.8 Å². The highest BCUT2D eigenvalue weighted by Gasteiger charge is 2.36. The second-order valence-electron chi connectivity index (χ2n) is 10.9. The summed E-state index contributed by atoms with van der Waals surface area (Å²) in [6.45, 7) is 2.42. The molecule has 0 radical (unpaired) electrons. The minimum atomic E-state index is -1.94. The Labute approximate surface area is 224 Å². The molecule has 206 valence electrons. The Morgan fingerprint density at radius 3 is 2.46 bits per heavy atom. The summed E-state index contributed by atoms with van der Waals surface area (Å²) in [5.74, 6) is -3.11. The van der Waals surface area contributed by atoms with E-state index in [1.165, 1.54) is 6.07 Å². The lowest BCUT2D eigenvalue weighted by atomic mass is 9.75. The molecule has 3 atom stereocenters. The van der Waals surface area contributed by atoms with Crippen molar-refractivity contribution in [2.24, 2.45) is 11.7 Å². The molecule has 2 aliphatic rings. The van der Waals surface area contributed by atoms with Gasteiger partial charge in [-0.05, 0) is 78.1 Å². The van der Waals surface area contributed by atoms with Gasteiger partial charge in [0.1, 0.15) is 34.5 Å². The Kier molecular flexibility index (Phi) is 7.82.